The molecule has 63 heavy (non-hydrogen) atoms. The minimum atomic E-state index is -1.41. The van der Waals surface area contributed by atoms with Gasteiger partial charge in [-0.1, -0.05) is 154 Å². The molecule has 1 unspecified atom stereocenters. The third-order valence-electron chi connectivity index (χ3n) is 10.9. The predicted molar refractivity (Wildman–Crippen MR) is 246 cm³/mol. The zero-order chi connectivity index (χ0) is 46.5. The van der Waals surface area contributed by atoms with E-state index in [4.69, 9.17) is 23.7 Å². The molecule has 11 heteroatoms. The van der Waals surface area contributed by atoms with E-state index < -0.39 is 53.9 Å². The molecule has 2 rings (SSSR count). The fourth-order valence-corrected chi connectivity index (χ4v) is 6.73. The fraction of sp³-hybridized carbons (Fsp3) is 0.519. The number of allylic oxidation sites excluding steroid dienone is 1. The Morgan fingerprint density at radius 3 is 1.40 bits per heavy atom. The van der Waals surface area contributed by atoms with Gasteiger partial charge in [0.2, 0.25) is 0 Å². The number of unbranched alkanes of at least 4 members (excludes halogenated alkanes) is 14. The van der Waals surface area contributed by atoms with Crippen molar-refractivity contribution in [3.8, 4) is 11.5 Å². The van der Waals surface area contributed by atoms with Crippen molar-refractivity contribution in [3.63, 3.8) is 0 Å². The topological polar surface area (TPSA) is 152 Å². The van der Waals surface area contributed by atoms with Gasteiger partial charge in [0.25, 0.3) is 0 Å². The number of aliphatic hydroxyl groups is 1. The van der Waals surface area contributed by atoms with Crippen molar-refractivity contribution in [2.24, 2.45) is 5.41 Å². The van der Waals surface area contributed by atoms with E-state index in [0.717, 1.165) is 36.5 Å². The maximum atomic E-state index is 13.1. The standard InChI is InChI=1S/C52H72O11/c1-8-10-11-12-13-14-15-16-17-18-19-20-21-22-23-25-47(55)60-38-52(36-53,37-59-46(54)9-2)39-61-48(56)26-24-35-51(7,42-27-31-44(32-28-42)62-49(57)40(3)4)43-29-33-45(34-30-43)63-50(58)41(5)6/h9,24,26-34,53H,2-3,5,8,10-23,25,35-39H2,1,4,6-7H3. The van der Waals surface area contributed by atoms with Gasteiger partial charge in [0.15, 0.2) is 0 Å². The molecule has 0 radical (unpaired) electrons. The molecule has 0 saturated carbocycles. The van der Waals surface area contributed by atoms with Crippen LogP contribution in [0.15, 0.2) is 97.6 Å². The van der Waals surface area contributed by atoms with Crippen LogP contribution >= 0.6 is 0 Å². The Morgan fingerprint density at radius 1 is 0.603 bits per heavy atom. The van der Waals surface area contributed by atoms with Crippen LogP contribution in [-0.4, -0.2) is 61.4 Å². The summed E-state index contributed by atoms with van der Waals surface area (Å²) < 4.78 is 27.1. The van der Waals surface area contributed by atoms with Crippen LogP contribution in [-0.2, 0) is 43.6 Å². The Labute approximate surface area is 375 Å². The Kier molecular flexibility index (Phi) is 25.6. The molecule has 0 amide bonds. The highest BCUT2D eigenvalue weighted by Gasteiger charge is 2.35. The molecule has 1 atom stereocenters. The summed E-state index contributed by atoms with van der Waals surface area (Å²) in [6.45, 7) is 16.2. The molecule has 0 aliphatic rings. The largest absolute Gasteiger partial charge is 0.465 e. The molecule has 0 heterocycles. The first kappa shape index (κ1) is 53.8. The zero-order valence-corrected chi connectivity index (χ0v) is 38.4. The molecule has 346 valence electrons. The van der Waals surface area contributed by atoms with Gasteiger partial charge in [0.05, 0.1) is 12.0 Å². The summed E-state index contributed by atoms with van der Waals surface area (Å²) in [7, 11) is 0. The first-order valence-electron chi connectivity index (χ1n) is 22.5. The third-order valence-corrected chi connectivity index (χ3v) is 10.9. The maximum Gasteiger partial charge on any atom is 0.338 e. The number of benzene rings is 2. The predicted octanol–water partition coefficient (Wildman–Crippen LogP) is 11.0. The first-order chi connectivity index (χ1) is 30.2. The quantitative estimate of drug-likeness (QED) is 0.0240. The van der Waals surface area contributed by atoms with Crippen molar-refractivity contribution in [2.45, 2.75) is 142 Å². The monoisotopic (exact) mass is 873 g/mol. The number of hydrogen-bond donors (Lipinski definition) is 1. The number of aliphatic hydroxyl groups excluding tert-OH is 1. The van der Waals surface area contributed by atoms with Crippen LogP contribution in [0, 0.1) is 5.41 Å². The molecule has 0 aliphatic carbocycles. The Balaban J connectivity index is 2.01. The highest BCUT2D eigenvalue weighted by molar-refractivity contribution is 5.89. The average molecular weight is 873 g/mol. The normalized spacial score (nSPS) is 12.2. The Bertz CT molecular complexity index is 1720. The minimum absolute atomic E-state index is 0.207. The lowest BCUT2D eigenvalue weighted by Gasteiger charge is -2.30. The molecule has 11 nitrogen and oxygen atoms in total. The molecule has 2 aromatic rings. The van der Waals surface area contributed by atoms with Crippen LogP contribution in [0.1, 0.15) is 148 Å². The molecule has 2 aromatic carbocycles. The van der Waals surface area contributed by atoms with Crippen LogP contribution in [0.3, 0.4) is 0 Å². The molecule has 0 saturated heterocycles. The van der Waals surface area contributed by atoms with Crippen molar-refractivity contribution in [1.82, 2.24) is 0 Å². The smallest absolute Gasteiger partial charge is 0.338 e. The second-order valence-corrected chi connectivity index (χ2v) is 16.8. The van der Waals surface area contributed by atoms with Crippen LogP contribution < -0.4 is 9.47 Å². The summed E-state index contributed by atoms with van der Waals surface area (Å²) in [4.78, 5) is 62.0. The molecule has 0 spiro atoms. The van der Waals surface area contributed by atoms with Crippen LogP contribution in [0.2, 0.25) is 0 Å². The number of hydrogen-bond acceptors (Lipinski definition) is 11. The lowest BCUT2D eigenvalue weighted by molar-refractivity contribution is -0.161. The van der Waals surface area contributed by atoms with Crippen molar-refractivity contribution in [1.29, 1.82) is 0 Å². The molecule has 0 aromatic heterocycles. The van der Waals surface area contributed by atoms with Crippen molar-refractivity contribution < 1.29 is 52.8 Å². The van der Waals surface area contributed by atoms with Crippen molar-refractivity contribution in [3.05, 3.63) is 109 Å². The molecule has 0 aliphatic heterocycles. The molecule has 0 bridgehead atoms. The van der Waals surface area contributed by atoms with Crippen LogP contribution in [0.25, 0.3) is 0 Å². The van der Waals surface area contributed by atoms with E-state index in [0.29, 0.717) is 17.9 Å². The lowest BCUT2D eigenvalue weighted by atomic mass is 9.73. The van der Waals surface area contributed by atoms with Gasteiger partial charge in [-0.05, 0) is 62.1 Å². The van der Waals surface area contributed by atoms with E-state index in [2.05, 4.69) is 26.7 Å². The van der Waals surface area contributed by atoms with Gasteiger partial charge in [-0.15, -0.1) is 0 Å². The van der Waals surface area contributed by atoms with E-state index >= 15 is 0 Å². The van der Waals surface area contributed by atoms with Gasteiger partial charge in [-0.25, -0.2) is 19.2 Å². The van der Waals surface area contributed by atoms with Gasteiger partial charge in [0, 0.05) is 35.1 Å². The Morgan fingerprint density at radius 2 is 1.00 bits per heavy atom. The Hall–Kier alpha value is -5.29. The zero-order valence-electron chi connectivity index (χ0n) is 38.4. The van der Waals surface area contributed by atoms with E-state index in [1.165, 1.54) is 76.7 Å². The third kappa shape index (κ3) is 21.1. The maximum absolute atomic E-state index is 13.1. The summed E-state index contributed by atoms with van der Waals surface area (Å²) >= 11 is 0. The minimum Gasteiger partial charge on any atom is -0.465 e. The van der Waals surface area contributed by atoms with Gasteiger partial charge in [-0.2, -0.15) is 0 Å². The van der Waals surface area contributed by atoms with Gasteiger partial charge < -0.3 is 28.8 Å². The SMILES string of the molecule is C=CC(=O)OCC(CO)(COC(=O)C=CCC(C)(c1ccc(OC(=O)C(=C)C)cc1)c1ccc(OC(=O)C(=C)C)cc1)COC(=O)CCCCCCCCCCCCCCCCC. The number of ether oxygens (including phenoxy) is 5. The average Bonchev–Trinajstić information content (AvgIpc) is 3.27. The van der Waals surface area contributed by atoms with Crippen molar-refractivity contribution >= 4 is 29.8 Å². The lowest BCUT2D eigenvalue weighted by Crippen LogP contribution is -2.42. The summed E-state index contributed by atoms with van der Waals surface area (Å²) in [6, 6.07) is 13.9. The molecule has 1 N–H and O–H groups in total. The summed E-state index contributed by atoms with van der Waals surface area (Å²) in [5, 5.41) is 10.4. The number of rotatable bonds is 33. The van der Waals surface area contributed by atoms with Gasteiger partial charge in [0.1, 0.15) is 31.3 Å². The first-order valence-corrected chi connectivity index (χ1v) is 22.5. The van der Waals surface area contributed by atoms with E-state index in [1.807, 2.05) is 31.2 Å². The van der Waals surface area contributed by atoms with E-state index in [9.17, 15) is 29.1 Å². The number of carbonyl (C=O) groups excluding carboxylic acids is 5. The summed E-state index contributed by atoms with van der Waals surface area (Å²) in [5.41, 5.74) is -0.0118. The molecular weight excluding hydrogens is 801 g/mol. The van der Waals surface area contributed by atoms with Crippen LogP contribution in [0.5, 0.6) is 11.5 Å². The second kappa shape index (κ2) is 29.9. The summed E-state index contributed by atoms with van der Waals surface area (Å²) in [6.07, 6.45) is 22.5. The fourth-order valence-electron chi connectivity index (χ4n) is 6.73. The van der Waals surface area contributed by atoms with Crippen LogP contribution in [0.4, 0.5) is 0 Å². The molecule has 0 fully saturated rings. The highest BCUT2D eigenvalue weighted by atomic mass is 16.6. The van der Waals surface area contributed by atoms with E-state index in [-0.39, 0.29) is 37.2 Å². The highest BCUT2D eigenvalue weighted by Crippen LogP contribution is 2.37. The van der Waals surface area contributed by atoms with Gasteiger partial charge in [-0.3, -0.25) is 4.79 Å². The second-order valence-electron chi connectivity index (χ2n) is 16.8. The molecular formula is C52H72O11. The number of carbonyl (C=O) groups is 5. The van der Waals surface area contributed by atoms with Crippen molar-refractivity contribution in [2.75, 3.05) is 26.4 Å². The summed E-state index contributed by atoms with van der Waals surface area (Å²) in [5.74, 6) is -2.37. The number of esters is 5. The van der Waals surface area contributed by atoms with E-state index in [1.54, 1.807) is 44.2 Å². The van der Waals surface area contributed by atoms with Gasteiger partial charge >= 0.3 is 29.8 Å².